The number of methoxy groups -OCH3 is 1. The third kappa shape index (κ3) is 4.24. The van der Waals surface area contributed by atoms with Crippen molar-refractivity contribution < 1.29 is 22.7 Å². The molecular weight excluding hydrogens is 436 g/mol. The van der Waals surface area contributed by atoms with Gasteiger partial charge in [-0.3, -0.25) is 9.52 Å². The summed E-state index contributed by atoms with van der Waals surface area (Å²) in [6, 6.07) is 6.96. The van der Waals surface area contributed by atoms with Gasteiger partial charge in [-0.2, -0.15) is 0 Å². The van der Waals surface area contributed by atoms with Gasteiger partial charge < -0.3 is 9.64 Å². The highest BCUT2D eigenvalue weighted by molar-refractivity contribution is 7.94. The number of rotatable bonds is 5. The fourth-order valence-corrected chi connectivity index (χ4v) is 6.90. The molecule has 0 radical (unpaired) electrons. The zero-order valence-corrected chi connectivity index (χ0v) is 19.1. The number of esters is 1. The Kier molecular flexibility index (Phi) is 5.90. The van der Waals surface area contributed by atoms with Gasteiger partial charge in [0.25, 0.3) is 10.0 Å². The smallest absolute Gasteiger partial charge is 0.340 e. The third-order valence-corrected chi connectivity index (χ3v) is 8.68. The molecule has 1 amide bonds. The molecule has 31 heavy (non-hydrogen) atoms. The van der Waals surface area contributed by atoms with E-state index in [1.54, 1.807) is 29.2 Å². The average molecular weight is 461 g/mol. The van der Waals surface area contributed by atoms with Crippen LogP contribution in [0.1, 0.15) is 45.6 Å². The van der Waals surface area contributed by atoms with Gasteiger partial charge in [0.2, 0.25) is 5.91 Å². The van der Waals surface area contributed by atoms with Gasteiger partial charge in [-0.1, -0.05) is 23.8 Å². The normalized spacial score (nSPS) is 15.9. The van der Waals surface area contributed by atoms with E-state index in [-0.39, 0.29) is 15.7 Å². The summed E-state index contributed by atoms with van der Waals surface area (Å²) in [4.78, 5) is 27.8. The van der Waals surface area contributed by atoms with Crippen LogP contribution in [-0.2, 0) is 32.5 Å². The summed E-state index contributed by atoms with van der Waals surface area (Å²) in [7, 11) is -2.77. The van der Waals surface area contributed by atoms with Crippen molar-refractivity contribution in [3.05, 3.63) is 57.5 Å². The standard InChI is InChI=1S/C22H24N2O5S2/c1-14-7-9-16(10-8-14)23-31(27,28)22-19(21(26)29-2)17-11-12-24(13-18(17)30-22)20(25)15-5-3-4-6-15/h5,7-10,23H,3-4,6,11-13H2,1-2H3. The minimum atomic E-state index is -4.01. The number of nitrogens with zero attached hydrogens (tertiary/aromatic N) is 1. The second-order valence-electron chi connectivity index (χ2n) is 7.73. The van der Waals surface area contributed by atoms with Gasteiger partial charge in [-0.15, -0.1) is 11.3 Å². The molecule has 1 aliphatic carbocycles. The topological polar surface area (TPSA) is 92.8 Å². The lowest BCUT2D eigenvalue weighted by atomic mass is 10.0. The van der Waals surface area contributed by atoms with Crippen LogP contribution < -0.4 is 4.72 Å². The van der Waals surface area contributed by atoms with Crippen LogP contribution in [0.4, 0.5) is 5.69 Å². The van der Waals surface area contributed by atoms with Crippen molar-refractivity contribution in [3.8, 4) is 0 Å². The Morgan fingerprint density at radius 1 is 1.16 bits per heavy atom. The largest absolute Gasteiger partial charge is 0.465 e. The first-order valence-electron chi connectivity index (χ1n) is 10.1. The molecule has 1 aromatic carbocycles. The molecule has 0 unspecified atom stereocenters. The molecule has 0 atom stereocenters. The minimum absolute atomic E-state index is 0.00152. The summed E-state index contributed by atoms with van der Waals surface area (Å²) < 4.78 is 33.7. The van der Waals surface area contributed by atoms with E-state index in [2.05, 4.69) is 4.72 Å². The van der Waals surface area contributed by atoms with Gasteiger partial charge in [0, 0.05) is 22.7 Å². The Morgan fingerprint density at radius 3 is 2.55 bits per heavy atom. The van der Waals surface area contributed by atoms with Crippen molar-refractivity contribution in [1.29, 1.82) is 0 Å². The van der Waals surface area contributed by atoms with Gasteiger partial charge in [-0.05, 0) is 50.3 Å². The van der Waals surface area contributed by atoms with Gasteiger partial charge in [0.1, 0.15) is 0 Å². The maximum Gasteiger partial charge on any atom is 0.340 e. The van der Waals surface area contributed by atoms with Gasteiger partial charge in [0.15, 0.2) is 4.21 Å². The van der Waals surface area contributed by atoms with Gasteiger partial charge >= 0.3 is 5.97 Å². The number of aryl methyl sites for hydroxylation is 1. The molecule has 1 N–H and O–H groups in total. The van der Waals surface area contributed by atoms with Crippen LogP contribution in [0.25, 0.3) is 0 Å². The molecule has 2 heterocycles. The zero-order valence-electron chi connectivity index (χ0n) is 17.4. The molecule has 1 aromatic heterocycles. The highest BCUT2D eigenvalue weighted by atomic mass is 32.2. The second-order valence-corrected chi connectivity index (χ2v) is 10.7. The molecule has 0 saturated carbocycles. The molecule has 7 nitrogen and oxygen atoms in total. The SMILES string of the molecule is COC(=O)c1c(S(=O)(=O)Nc2ccc(C)cc2)sc2c1CCN(C(=O)C1=CCCC1)C2. The molecule has 4 rings (SSSR count). The lowest BCUT2D eigenvalue weighted by molar-refractivity contribution is -0.128. The van der Waals surface area contributed by atoms with E-state index in [1.165, 1.54) is 7.11 Å². The number of thiophene rings is 1. The van der Waals surface area contributed by atoms with Crippen molar-refractivity contribution >= 4 is 38.9 Å². The van der Waals surface area contributed by atoms with E-state index >= 15 is 0 Å². The van der Waals surface area contributed by atoms with E-state index in [1.807, 2.05) is 13.0 Å². The van der Waals surface area contributed by atoms with Gasteiger partial charge in [0.05, 0.1) is 19.2 Å². The predicted octanol–water partition coefficient (Wildman–Crippen LogP) is 3.64. The number of amides is 1. The van der Waals surface area contributed by atoms with E-state index < -0.39 is 16.0 Å². The van der Waals surface area contributed by atoms with Crippen molar-refractivity contribution in [1.82, 2.24) is 4.90 Å². The molecule has 0 fully saturated rings. The minimum Gasteiger partial charge on any atom is -0.465 e. The van der Waals surface area contributed by atoms with E-state index in [4.69, 9.17) is 4.74 Å². The summed E-state index contributed by atoms with van der Waals surface area (Å²) in [6.45, 7) is 2.64. The molecular formula is C22H24N2O5S2. The number of hydrogen-bond acceptors (Lipinski definition) is 6. The second kappa shape index (κ2) is 8.47. The maximum atomic E-state index is 13.2. The fourth-order valence-electron chi connectivity index (χ4n) is 3.94. The van der Waals surface area contributed by atoms with Crippen LogP contribution in [0.3, 0.4) is 0 Å². The lowest BCUT2D eigenvalue weighted by Crippen LogP contribution is -2.36. The summed E-state index contributed by atoms with van der Waals surface area (Å²) in [5.41, 5.74) is 2.98. The first-order chi connectivity index (χ1) is 14.8. The highest BCUT2D eigenvalue weighted by Crippen LogP contribution is 2.38. The molecule has 0 spiro atoms. The van der Waals surface area contributed by atoms with Crippen LogP contribution in [0, 0.1) is 6.92 Å². The Morgan fingerprint density at radius 2 is 1.90 bits per heavy atom. The maximum absolute atomic E-state index is 13.2. The van der Waals surface area contributed by atoms with E-state index in [0.717, 1.165) is 41.7 Å². The van der Waals surface area contributed by atoms with Crippen molar-refractivity contribution in [2.75, 3.05) is 18.4 Å². The van der Waals surface area contributed by atoms with Crippen LogP contribution >= 0.6 is 11.3 Å². The Labute approximate surface area is 185 Å². The number of carbonyl (C=O) groups is 2. The van der Waals surface area contributed by atoms with Crippen molar-refractivity contribution in [2.45, 2.75) is 43.4 Å². The molecule has 1 aliphatic heterocycles. The van der Waals surface area contributed by atoms with Crippen LogP contribution in [0.5, 0.6) is 0 Å². The number of allylic oxidation sites excluding steroid dienone is 1. The molecule has 0 saturated heterocycles. The predicted molar refractivity (Wildman–Crippen MR) is 119 cm³/mol. The first kappa shape index (κ1) is 21.6. The molecule has 2 aliphatic rings. The first-order valence-corrected chi connectivity index (χ1v) is 12.4. The quantitative estimate of drug-likeness (QED) is 0.688. The summed E-state index contributed by atoms with van der Waals surface area (Å²) in [5, 5.41) is 0. The lowest BCUT2D eigenvalue weighted by Gasteiger charge is -2.27. The molecule has 2 aromatic rings. The number of hydrogen-bond donors (Lipinski definition) is 1. The number of fused-ring (bicyclic) bond motifs is 1. The molecule has 9 heteroatoms. The van der Waals surface area contributed by atoms with Gasteiger partial charge in [-0.25, -0.2) is 13.2 Å². The van der Waals surface area contributed by atoms with Crippen molar-refractivity contribution in [2.24, 2.45) is 0 Å². The van der Waals surface area contributed by atoms with Crippen LogP contribution in [0.2, 0.25) is 0 Å². The number of anilines is 1. The average Bonchev–Trinajstić information content (AvgIpc) is 3.42. The Balaban J connectivity index is 1.68. The zero-order chi connectivity index (χ0) is 22.2. The number of sulfonamides is 1. The van der Waals surface area contributed by atoms with Crippen LogP contribution in [-0.4, -0.2) is 38.8 Å². The Bertz CT molecular complexity index is 1160. The number of carbonyl (C=O) groups excluding carboxylic acids is 2. The number of benzene rings is 1. The van der Waals surface area contributed by atoms with Crippen molar-refractivity contribution in [3.63, 3.8) is 0 Å². The summed E-state index contributed by atoms with van der Waals surface area (Å²) in [5.74, 6) is -0.682. The summed E-state index contributed by atoms with van der Waals surface area (Å²) in [6.07, 6.45) is 5.07. The highest BCUT2D eigenvalue weighted by Gasteiger charge is 2.35. The van der Waals surface area contributed by atoms with E-state index in [0.29, 0.717) is 35.6 Å². The molecule has 164 valence electrons. The summed E-state index contributed by atoms with van der Waals surface area (Å²) >= 11 is 1.03. The van der Waals surface area contributed by atoms with E-state index in [9.17, 15) is 18.0 Å². The number of ether oxygens (including phenoxy) is 1. The monoisotopic (exact) mass is 460 g/mol. The fraction of sp³-hybridized carbons (Fsp3) is 0.364. The molecule has 0 bridgehead atoms. The Hall–Kier alpha value is -2.65. The third-order valence-electron chi connectivity index (χ3n) is 5.56. The van der Waals surface area contributed by atoms with Crippen LogP contribution in [0.15, 0.2) is 40.1 Å². The number of nitrogens with one attached hydrogen (secondary N) is 1.